The van der Waals surface area contributed by atoms with Gasteiger partial charge in [-0.25, -0.2) is 4.98 Å². The molecule has 3 aromatic rings. The fraction of sp³-hybridized carbons (Fsp3) is 0.458. The first-order valence-corrected chi connectivity index (χ1v) is 11.9. The van der Waals surface area contributed by atoms with E-state index in [9.17, 15) is 22.8 Å². The number of carbonyl (C=O) groups is 2. The summed E-state index contributed by atoms with van der Waals surface area (Å²) in [6.45, 7) is 1.70. The number of H-pyrrole nitrogens is 1. The molecule has 3 aliphatic rings. The number of amides is 2. The zero-order chi connectivity index (χ0) is 25.0. The van der Waals surface area contributed by atoms with E-state index >= 15 is 0 Å². The predicted molar refractivity (Wildman–Crippen MR) is 120 cm³/mol. The van der Waals surface area contributed by atoms with Gasteiger partial charge in [-0.05, 0) is 43.5 Å². The summed E-state index contributed by atoms with van der Waals surface area (Å²) in [5, 5.41) is 10.4. The minimum atomic E-state index is -4.68. The largest absolute Gasteiger partial charge is 0.474 e. The topological polar surface area (TPSA) is 104 Å². The van der Waals surface area contributed by atoms with Gasteiger partial charge in [0.25, 0.3) is 11.8 Å². The Labute approximate surface area is 203 Å². The summed E-state index contributed by atoms with van der Waals surface area (Å²) < 4.78 is 46.4. The smallest absolute Gasteiger partial charge is 0.421 e. The number of likely N-dealkylation sites (tertiary alicyclic amines) is 2. The molecule has 0 spiro atoms. The number of aromatic nitrogens is 4. The quantitative estimate of drug-likeness (QED) is 0.590. The first kappa shape index (κ1) is 22.7. The number of ether oxygens (including phenoxy) is 1. The molecule has 9 nitrogen and oxygen atoms in total. The van der Waals surface area contributed by atoms with E-state index in [4.69, 9.17) is 4.74 Å². The average Bonchev–Trinajstić information content (AvgIpc) is 3.54. The number of fused-ring (bicyclic) bond motifs is 2. The van der Waals surface area contributed by atoms with Crippen molar-refractivity contribution < 1.29 is 27.5 Å². The van der Waals surface area contributed by atoms with E-state index in [2.05, 4.69) is 20.4 Å². The van der Waals surface area contributed by atoms with Crippen LogP contribution in [0.5, 0.6) is 5.88 Å². The van der Waals surface area contributed by atoms with Gasteiger partial charge in [0.2, 0.25) is 5.88 Å². The second-order valence-electron chi connectivity index (χ2n) is 9.73. The molecular formula is C24H23F3N6O3. The van der Waals surface area contributed by atoms with Gasteiger partial charge in [0.15, 0.2) is 0 Å². The lowest BCUT2D eigenvalue weighted by Crippen LogP contribution is -2.35. The van der Waals surface area contributed by atoms with Crippen LogP contribution in [0.25, 0.3) is 11.0 Å². The number of hydrogen-bond acceptors (Lipinski definition) is 6. The van der Waals surface area contributed by atoms with Crippen LogP contribution in [0.15, 0.2) is 30.5 Å². The number of pyridine rings is 1. The van der Waals surface area contributed by atoms with E-state index in [-0.39, 0.29) is 29.4 Å². The fourth-order valence-electron chi connectivity index (χ4n) is 5.18. The molecule has 1 saturated carbocycles. The highest BCUT2D eigenvalue weighted by molar-refractivity contribution is 5.97. The Morgan fingerprint density at radius 3 is 2.25 bits per heavy atom. The lowest BCUT2D eigenvalue weighted by Gasteiger charge is -2.27. The molecule has 12 heteroatoms. The number of nitrogens with zero attached hydrogens (tertiary/aromatic N) is 5. The van der Waals surface area contributed by atoms with Crippen LogP contribution in [-0.2, 0) is 6.18 Å². The number of alkyl halides is 3. The van der Waals surface area contributed by atoms with Crippen LogP contribution < -0.4 is 4.74 Å². The predicted octanol–water partition coefficient (Wildman–Crippen LogP) is 3.15. The monoisotopic (exact) mass is 500 g/mol. The van der Waals surface area contributed by atoms with Crippen LogP contribution in [-0.4, -0.2) is 74.3 Å². The van der Waals surface area contributed by atoms with Gasteiger partial charge in [-0.2, -0.15) is 13.2 Å². The van der Waals surface area contributed by atoms with Gasteiger partial charge in [-0.3, -0.25) is 14.7 Å². The maximum Gasteiger partial charge on any atom is 0.421 e. The number of carbonyl (C=O) groups excluding carboxylic acids is 2. The highest BCUT2D eigenvalue weighted by Gasteiger charge is 2.44. The van der Waals surface area contributed by atoms with Gasteiger partial charge in [0.05, 0.1) is 11.1 Å². The van der Waals surface area contributed by atoms with Gasteiger partial charge in [-0.1, -0.05) is 5.21 Å². The summed E-state index contributed by atoms with van der Waals surface area (Å²) >= 11 is 0. The van der Waals surface area contributed by atoms with Crippen molar-refractivity contribution in [1.29, 1.82) is 0 Å². The number of rotatable bonds is 4. The molecule has 0 unspecified atom stereocenters. The Bertz CT molecular complexity index is 1320. The second-order valence-corrected chi connectivity index (χ2v) is 9.73. The number of aromatic amines is 1. The standard InChI is InChI=1S/C24H23F3N6O3/c25-24(26,27)18-6-14(8-28-21(18)36-17-2-1-3-17)23(35)33-11-15-9-32(10-16(15)12-33)22(34)13-4-5-19-20(7-13)30-31-29-19/h4-8,15-17H,1-3,9-12H2,(H,29,30,31)/t15-,16-/m0/s1. The average molecular weight is 500 g/mol. The maximum atomic E-state index is 13.7. The van der Waals surface area contributed by atoms with Crippen molar-refractivity contribution in [2.75, 3.05) is 26.2 Å². The van der Waals surface area contributed by atoms with Crippen LogP contribution in [0.1, 0.15) is 45.5 Å². The molecule has 0 radical (unpaired) electrons. The molecule has 1 aliphatic carbocycles. The third-order valence-corrected chi connectivity index (χ3v) is 7.37. The third-order valence-electron chi connectivity index (χ3n) is 7.37. The number of benzene rings is 1. The summed E-state index contributed by atoms with van der Waals surface area (Å²) in [5.74, 6) is -0.963. The number of halogens is 3. The van der Waals surface area contributed by atoms with E-state index < -0.39 is 23.5 Å². The molecule has 2 atom stereocenters. The Kier molecular flexibility index (Phi) is 5.34. The van der Waals surface area contributed by atoms with Crippen molar-refractivity contribution in [3.63, 3.8) is 0 Å². The first-order chi connectivity index (χ1) is 17.3. The molecule has 6 rings (SSSR count). The maximum absolute atomic E-state index is 13.7. The number of nitrogens with one attached hydrogen (secondary N) is 1. The van der Waals surface area contributed by atoms with Crippen LogP contribution >= 0.6 is 0 Å². The van der Waals surface area contributed by atoms with Crippen molar-refractivity contribution in [3.8, 4) is 5.88 Å². The zero-order valence-corrected chi connectivity index (χ0v) is 19.2. The van der Waals surface area contributed by atoms with Gasteiger partial charge in [-0.15, -0.1) is 5.10 Å². The lowest BCUT2D eigenvalue weighted by atomic mass is 9.96. The second kappa shape index (κ2) is 8.45. The summed E-state index contributed by atoms with van der Waals surface area (Å²) in [6.07, 6.45) is -1.47. The van der Waals surface area contributed by atoms with Crippen molar-refractivity contribution in [2.24, 2.45) is 11.8 Å². The van der Waals surface area contributed by atoms with Crippen LogP contribution in [0.2, 0.25) is 0 Å². The van der Waals surface area contributed by atoms with E-state index in [0.29, 0.717) is 50.1 Å². The summed E-state index contributed by atoms with van der Waals surface area (Å²) in [4.78, 5) is 33.3. The number of hydrogen-bond donors (Lipinski definition) is 1. The van der Waals surface area contributed by atoms with Gasteiger partial charge >= 0.3 is 6.18 Å². The van der Waals surface area contributed by atoms with Gasteiger partial charge < -0.3 is 14.5 Å². The molecule has 1 N–H and O–H groups in total. The van der Waals surface area contributed by atoms with Crippen molar-refractivity contribution in [1.82, 2.24) is 30.2 Å². The van der Waals surface area contributed by atoms with E-state index in [1.807, 2.05) is 0 Å². The van der Waals surface area contributed by atoms with Crippen LogP contribution in [0, 0.1) is 11.8 Å². The minimum absolute atomic E-state index is 0.0601. The molecule has 4 heterocycles. The molecule has 2 saturated heterocycles. The molecule has 36 heavy (non-hydrogen) atoms. The first-order valence-electron chi connectivity index (χ1n) is 11.9. The Morgan fingerprint density at radius 2 is 1.64 bits per heavy atom. The normalized spacial score (nSPS) is 22.1. The van der Waals surface area contributed by atoms with Crippen LogP contribution in [0.4, 0.5) is 13.2 Å². The lowest BCUT2D eigenvalue weighted by molar-refractivity contribution is -0.140. The van der Waals surface area contributed by atoms with Crippen molar-refractivity contribution in [3.05, 3.63) is 47.2 Å². The third kappa shape index (κ3) is 4.03. The summed E-state index contributed by atoms with van der Waals surface area (Å²) in [6, 6.07) is 6.01. The van der Waals surface area contributed by atoms with Crippen molar-refractivity contribution in [2.45, 2.75) is 31.5 Å². The fourth-order valence-corrected chi connectivity index (χ4v) is 5.18. The molecule has 2 aromatic heterocycles. The van der Waals surface area contributed by atoms with Crippen molar-refractivity contribution >= 4 is 22.8 Å². The zero-order valence-electron chi connectivity index (χ0n) is 19.2. The Hall–Kier alpha value is -3.70. The highest BCUT2D eigenvalue weighted by atomic mass is 19.4. The summed E-state index contributed by atoms with van der Waals surface area (Å²) in [5.41, 5.74) is 0.717. The van der Waals surface area contributed by atoms with Gasteiger partial charge in [0, 0.05) is 49.8 Å². The molecule has 1 aromatic carbocycles. The van der Waals surface area contributed by atoms with Gasteiger partial charge in [0.1, 0.15) is 17.2 Å². The molecule has 2 amide bonds. The molecule has 188 valence electrons. The Balaban J connectivity index is 1.13. The SMILES string of the molecule is O=C(c1cnc(OC2CCC2)c(C(F)(F)F)c1)N1C[C@@H]2CN(C(=O)c3ccc4[nH]nnc4c3)C[C@H]2C1. The van der Waals surface area contributed by atoms with E-state index in [1.54, 1.807) is 28.0 Å². The Morgan fingerprint density at radius 1 is 0.972 bits per heavy atom. The molecule has 3 fully saturated rings. The molecule has 0 bridgehead atoms. The van der Waals surface area contributed by atoms with E-state index in [0.717, 1.165) is 24.2 Å². The molecule has 2 aliphatic heterocycles. The van der Waals surface area contributed by atoms with E-state index in [1.165, 1.54) is 0 Å². The minimum Gasteiger partial charge on any atom is -0.474 e. The van der Waals surface area contributed by atoms with Crippen LogP contribution in [0.3, 0.4) is 0 Å². The molecular weight excluding hydrogens is 477 g/mol. The highest BCUT2D eigenvalue weighted by Crippen LogP contribution is 2.38. The summed E-state index contributed by atoms with van der Waals surface area (Å²) in [7, 11) is 0.